The third kappa shape index (κ3) is 4.00. The summed E-state index contributed by atoms with van der Waals surface area (Å²) in [6.45, 7) is -0.131. The molecule has 0 aliphatic heterocycles. The molecule has 0 atom stereocenters. The van der Waals surface area contributed by atoms with E-state index in [2.05, 4.69) is 16.8 Å². The summed E-state index contributed by atoms with van der Waals surface area (Å²) in [6.07, 6.45) is 1.73. The van der Waals surface area contributed by atoms with Crippen molar-refractivity contribution in [1.29, 1.82) is 0 Å². The third-order valence-electron chi connectivity index (χ3n) is 2.41. The van der Waals surface area contributed by atoms with Crippen molar-refractivity contribution < 1.29 is 5.11 Å². The van der Waals surface area contributed by atoms with Crippen LogP contribution in [-0.2, 0) is 5.75 Å². The van der Waals surface area contributed by atoms with Gasteiger partial charge in [-0.05, 0) is 23.8 Å². The van der Waals surface area contributed by atoms with E-state index in [0.717, 1.165) is 21.9 Å². The lowest BCUT2D eigenvalue weighted by Gasteiger charge is -2.05. The Morgan fingerprint density at radius 2 is 2.05 bits per heavy atom. The fourth-order valence-corrected chi connectivity index (χ4v) is 2.70. The van der Waals surface area contributed by atoms with Crippen LogP contribution in [0, 0.1) is 11.8 Å². The minimum atomic E-state index is -0.131. The van der Waals surface area contributed by atoms with E-state index in [0.29, 0.717) is 5.02 Å². The van der Waals surface area contributed by atoms with Crippen LogP contribution >= 0.6 is 23.4 Å². The van der Waals surface area contributed by atoms with Gasteiger partial charge in [0.25, 0.3) is 0 Å². The molecule has 2 rings (SSSR count). The van der Waals surface area contributed by atoms with Gasteiger partial charge >= 0.3 is 0 Å². The Hall–Kier alpha value is -1.47. The lowest BCUT2D eigenvalue weighted by Crippen LogP contribution is -1.89. The fraction of sp³-hybridized carbons (Fsp3) is 0.133. The number of aliphatic hydroxyl groups excluding tert-OH is 1. The highest BCUT2D eigenvalue weighted by Crippen LogP contribution is 2.28. The van der Waals surface area contributed by atoms with Gasteiger partial charge in [-0.3, -0.25) is 0 Å². The van der Waals surface area contributed by atoms with Crippen LogP contribution in [0.2, 0.25) is 5.02 Å². The van der Waals surface area contributed by atoms with Crippen molar-refractivity contribution in [1.82, 2.24) is 4.98 Å². The number of thioether (sulfide) groups is 1. The number of pyridine rings is 1. The number of halogens is 1. The maximum absolute atomic E-state index is 8.76. The average Bonchev–Trinajstić information content (AvgIpc) is 2.45. The Morgan fingerprint density at radius 1 is 1.21 bits per heavy atom. The zero-order valence-corrected chi connectivity index (χ0v) is 11.7. The van der Waals surface area contributed by atoms with Gasteiger partial charge in [-0.2, -0.15) is 0 Å². The SMILES string of the molecule is OCC#Cc1ccccc1CSc1ncccc1Cl. The summed E-state index contributed by atoms with van der Waals surface area (Å²) in [5.41, 5.74) is 2.03. The van der Waals surface area contributed by atoms with Crippen LogP contribution in [0.4, 0.5) is 0 Å². The van der Waals surface area contributed by atoms with E-state index < -0.39 is 0 Å². The van der Waals surface area contributed by atoms with Crippen LogP contribution in [-0.4, -0.2) is 16.7 Å². The Kier molecular flexibility index (Phi) is 5.29. The van der Waals surface area contributed by atoms with Gasteiger partial charge in [0.2, 0.25) is 0 Å². The van der Waals surface area contributed by atoms with Crippen LogP contribution in [0.25, 0.3) is 0 Å². The topological polar surface area (TPSA) is 33.1 Å². The number of benzene rings is 1. The van der Waals surface area contributed by atoms with Gasteiger partial charge in [-0.25, -0.2) is 4.98 Å². The van der Waals surface area contributed by atoms with Gasteiger partial charge in [0.15, 0.2) is 0 Å². The lowest BCUT2D eigenvalue weighted by molar-refractivity contribution is 0.350. The second-order valence-electron chi connectivity index (χ2n) is 3.70. The summed E-state index contributed by atoms with van der Waals surface area (Å²) in [5, 5.41) is 10.2. The van der Waals surface area contributed by atoms with Gasteiger partial charge in [0, 0.05) is 17.5 Å². The molecule has 0 unspecified atom stereocenters. The maximum atomic E-state index is 8.76. The number of rotatable bonds is 3. The Morgan fingerprint density at radius 3 is 2.84 bits per heavy atom. The molecular formula is C15H12ClNOS. The van der Waals surface area contributed by atoms with Crippen molar-refractivity contribution in [3.63, 3.8) is 0 Å². The molecule has 0 fully saturated rings. The quantitative estimate of drug-likeness (QED) is 0.695. The fourth-order valence-electron chi connectivity index (χ4n) is 1.53. The molecule has 0 aliphatic carbocycles. The van der Waals surface area contributed by atoms with E-state index >= 15 is 0 Å². The molecule has 1 aromatic carbocycles. The molecule has 1 N–H and O–H groups in total. The van der Waals surface area contributed by atoms with Crippen molar-refractivity contribution in [2.45, 2.75) is 10.8 Å². The molecule has 1 aromatic heterocycles. The molecule has 0 saturated heterocycles. The van der Waals surface area contributed by atoms with Crippen molar-refractivity contribution in [2.24, 2.45) is 0 Å². The molecule has 1 heterocycles. The molecule has 4 heteroatoms. The predicted octanol–water partition coefficient (Wildman–Crippen LogP) is 3.37. The molecule has 0 spiro atoms. The third-order valence-corrected chi connectivity index (χ3v) is 3.88. The first-order valence-electron chi connectivity index (χ1n) is 5.72. The van der Waals surface area contributed by atoms with Crippen molar-refractivity contribution in [2.75, 3.05) is 6.61 Å². The van der Waals surface area contributed by atoms with E-state index in [1.165, 1.54) is 0 Å². The van der Waals surface area contributed by atoms with E-state index in [4.69, 9.17) is 16.7 Å². The van der Waals surface area contributed by atoms with Crippen LogP contribution in [0.5, 0.6) is 0 Å². The first kappa shape index (κ1) is 14.0. The number of nitrogens with zero attached hydrogens (tertiary/aromatic N) is 1. The summed E-state index contributed by atoms with van der Waals surface area (Å²) in [4.78, 5) is 4.24. The summed E-state index contributed by atoms with van der Waals surface area (Å²) >= 11 is 7.64. The standard InChI is InChI=1S/C15H12ClNOS/c16-14-8-3-9-17-15(14)19-11-13-6-2-1-5-12(13)7-4-10-18/h1-3,5-6,8-9,18H,10-11H2. The van der Waals surface area contributed by atoms with E-state index in [-0.39, 0.29) is 6.61 Å². The Bertz CT molecular complexity index is 619. The highest BCUT2D eigenvalue weighted by atomic mass is 35.5. The van der Waals surface area contributed by atoms with E-state index in [9.17, 15) is 0 Å². The smallest absolute Gasteiger partial charge is 0.115 e. The molecule has 2 aromatic rings. The Balaban J connectivity index is 2.14. The average molecular weight is 290 g/mol. The first-order chi connectivity index (χ1) is 9.31. The highest BCUT2D eigenvalue weighted by Gasteiger charge is 2.04. The second kappa shape index (κ2) is 7.20. The molecule has 0 saturated carbocycles. The normalized spacial score (nSPS) is 9.79. The summed E-state index contributed by atoms with van der Waals surface area (Å²) in [6, 6.07) is 11.5. The molecule has 0 radical (unpaired) electrons. The van der Waals surface area contributed by atoms with Gasteiger partial charge in [-0.15, -0.1) is 11.8 Å². The Labute approximate surface area is 121 Å². The lowest BCUT2D eigenvalue weighted by atomic mass is 10.1. The van der Waals surface area contributed by atoms with Crippen molar-refractivity contribution >= 4 is 23.4 Å². The molecule has 0 bridgehead atoms. The van der Waals surface area contributed by atoms with Crippen molar-refractivity contribution in [3.05, 3.63) is 58.7 Å². The maximum Gasteiger partial charge on any atom is 0.115 e. The van der Waals surface area contributed by atoms with Crippen LogP contribution in [0.1, 0.15) is 11.1 Å². The van der Waals surface area contributed by atoms with Gasteiger partial charge in [0.1, 0.15) is 11.6 Å². The number of aliphatic hydroxyl groups is 1. The summed E-state index contributed by atoms with van der Waals surface area (Å²) in [5.74, 6) is 6.36. The zero-order valence-electron chi connectivity index (χ0n) is 10.1. The molecule has 96 valence electrons. The van der Waals surface area contributed by atoms with Gasteiger partial charge in [0.05, 0.1) is 5.02 Å². The molecule has 2 nitrogen and oxygen atoms in total. The minimum absolute atomic E-state index is 0.131. The predicted molar refractivity (Wildman–Crippen MR) is 79.2 cm³/mol. The summed E-state index contributed by atoms with van der Waals surface area (Å²) in [7, 11) is 0. The zero-order chi connectivity index (χ0) is 13.5. The molecule has 19 heavy (non-hydrogen) atoms. The second-order valence-corrected chi connectivity index (χ2v) is 5.07. The molecular weight excluding hydrogens is 278 g/mol. The highest BCUT2D eigenvalue weighted by molar-refractivity contribution is 7.98. The first-order valence-corrected chi connectivity index (χ1v) is 7.08. The number of hydrogen-bond acceptors (Lipinski definition) is 3. The number of hydrogen-bond donors (Lipinski definition) is 1. The largest absolute Gasteiger partial charge is 0.384 e. The van der Waals surface area contributed by atoms with Crippen molar-refractivity contribution in [3.8, 4) is 11.8 Å². The minimum Gasteiger partial charge on any atom is -0.384 e. The monoisotopic (exact) mass is 289 g/mol. The summed E-state index contributed by atoms with van der Waals surface area (Å²) < 4.78 is 0. The van der Waals surface area contributed by atoms with Crippen LogP contribution < -0.4 is 0 Å². The van der Waals surface area contributed by atoms with E-state index in [1.54, 1.807) is 18.0 Å². The van der Waals surface area contributed by atoms with Gasteiger partial charge < -0.3 is 5.11 Å². The molecule has 0 aliphatic rings. The van der Waals surface area contributed by atoms with Crippen LogP contribution in [0.15, 0.2) is 47.6 Å². The van der Waals surface area contributed by atoms with Crippen LogP contribution in [0.3, 0.4) is 0 Å². The molecule has 0 amide bonds. The number of aromatic nitrogens is 1. The van der Waals surface area contributed by atoms with E-state index in [1.807, 2.05) is 36.4 Å². The van der Waals surface area contributed by atoms with Gasteiger partial charge in [-0.1, -0.05) is 41.6 Å².